The van der Waals surface area contributed by atoms with Gasteiger partial charge in [-0.05, 0) is 38.0 Å². The van der Waals surface area contributed by atoms with Gasteiger partial charge in [0.1, 0.15) is 0 Å². The molecule has 4 heteroatoms. The number of likely N-dealkylation sites (tertiary alicyclic amines) is 1. The maximum Gasteiger partial charge on any atom is 0.222 e. The Labute approximate surface area is 116 Å². The van der Waals surface area contributed by atoms with E-state index >= 15 is 0 Å². The van der Waals surface area contributed by atoms with E-state index in [4.69, 9.17) is 0 Å². The quantitative estimate of drug-likeness (QED) is 0.768. The van der Waals surface area contributed by atoms with Crippen LogP contribution < -0.4 is 5.32 Å². The first-order chi connectivity index (χ1) is 9.12. The van der Waals surface area contributed by atoms with Gasteiger partial charge in [-0.3, -0.25) is 4.79 Å². The van der Waals surface area contributed by atoms with Crippen LogP contribution in [-0.4, -0.2) is 47.2 Å². The van der Waals surface area contributed by atoms with Crippen LogP contribution in [0.3, 0.4) is 0 Å². The summed E-state index contributed by atoms with van der Waals surface area (Å²) in [5, 5.41) is 13.5. The first-order valence-corrected chi connectivity index (χ1v) is 7.84. The van der Waals surface area contributed by atoms with Gasteiger partial charge in [0, 0.05) is 31.6 Å². The Kier molecular flexibility index (Phi) is 5.22. The van der Waals surface area contributed by atoms with E-state index in [1.54, 1.807) is 0 Å². The molecule has 2 aliphatic rings. The van der Waals surface area contributed by atoms with Crippen molar-refractivity contribution in [3.8, 4) is 0 Å². The maximum absolute atomic E-state index is 12.0. The molecule has 19 heavy (non-hydrogen) atoms. The summed E-state index contributed by atoms with van der Waals surface area (Å²) in [5.41, 5.74) is 0. The third kappa shape index (κ3) is 4.46. The van der Waals surface area contributed by atoms with Crippen molar-refractivity contribution in [2.45, 2.75) is 70.6 Å². The number of nitrogens with zero attached hydrogens (tertiary/aromatic N) is 1. The number of piperidine rings is 1. The van der Waals surface area contributed by atoms with E-state index in [0.717, 1.165) is 32.4 Å². The zero-order chi connectivity index (χ0) is 13.8. The molecule has 4 nitrogen and oxygen atoms in total. The van der Waals surface area contributed by atoms with Crippen LogP contribution in [-0.2, 0) is 4.79 Å². The molecule has 3 unspecified atom stereocenters. The standard InChI is InChI=1S/C15H28N2O2/c1-3-14(18)8-11-7-13(16-12-5-6-12)10-17(9-11)15(19)4-2/h11-14,16,18H,3-10H2,1-2H3. The smallest absolute Gasteiger partial charge is 0.222 e. The van der Waals surface area contributed by atoms with Crippen molar-refractivity contribution in [2.75, 3.05) is 13.1 Å². The second-order valence-electron chi connectivity index (χ2n) is 6.19. The number of aliphatic hydroxyl groups excluding tert-OH is 1. The molecule has 0 aromatic heterocycles. The average Bonchev–Trinajstić information content (AvgIpc) is 3.21. The van der Waals surface area contributed by atoms with E-state index in [-0.39, 0.29) is 12.0 Å². The lowest BCUT2D eigenvalue weighted by atomic mass is 9.88. The van der Waals surface area contributed by atoms with Crippen LogP contribution >= 0.6 is 0 Å². The number of carbonyl (C=O) groups excluding carboxylic acids is 1. The summed E-state index contributed by atoms with van der Waals surface area (Å²) in [6.45, 7) is 5.62. The third-order valence-electron chi connectivity index (χ3n) is 4.32. The van der Waals surface area contributed by atoms with Crippen LogP contribution in [0.2, 0.25) is 0 Å². The number of hydrogen-bond donors (Lipinski definition) is 2. The molecule has 3 atom stereocenters. The van der Waals surface area contributed by atoms with Crippen LogP contribution in [0.1, 0.15) is 52.4 Å². The summed E-state index contributed by atoms with van der Waals surface area (Å²) in [6, 6.07) is 1.10. The van der Waals surface area contributed by atoms with E-state index in [9.17, 15) is 9.90 Å². The van der Waals surface area contributed by atoms with Crippen LogP contribution in [0.5, 0.6) is 0 Å². The molecule has 1 saturated heterocycles. The number of nitrogens with one attached hydrogen (secondary N) is 1. The minimum atomic E-state index is -0.219. The van der Waals surface area contributed by atoms with Gasteiger partial charge < -0.3 is 15.3 Å². The summed E-state index contributed by atoms with van der Waals surface area (Å²) in [4.78, 5) is 13.9. The van der Waals surface area contributed by atoms with E-state index in [0.29, 0.717) is 24.4 Å². The Hall–Kier alpha value is -0.610. The topological polar surface area (TPSA) is 52.6 Å². The fourth-order valence-electron chi connectivity index (χ4n) is 3.06. The Morgan fingerprint density at radius 2 is 2.05 bits per heavy atom. The fourth-order valence-corrected chi connectivity index (χ4v) is 3.06. The van der Waals surface area contributed by atoms with E-state index in [1.165, 1.54) is 12.8 Å². The van der Waals surface area contributed by atoms with Crippen LogP contribution in [0, 0.1) is 5.92 Å². The molecule has 2 N–H and O–H groups in total. The molecule has 1 heterocycles. The SMILES string of the molecule is CCC(=O)N1CC(CC(O)CC)CC(NC2CC2)C1. The van der Waals surface area contributed by atoms with Gasteiger partial charge in [-0.25, -0.2) is 0 Å². The zero-order valence-electron chi connectivity index (χ0n) is 12.3. The predicted octanol–water partition coefficient (Wildman–Crippen LogP) is 1.53. The van der Waals surface area contributed by atoms with Crippen molar-refractivity contribution in [1.29, 1.82) is 0 Å². The summed E-state index contributed by atoms with van der Waals surface area (Å²) >= 11 is 0. The van der Waals surface area contributed by atoms with Gasteiger partial charge in [0.2, 0.25) is 5.91 Å². The number of rotatable bonds is 6. The number of carbonyl (C=O) groups is 1. The molecular weight excluding hydrogens is 240 g/mol. The molecule has 0 aromatic rings. The summed E-state index contributed by atoms with van der Waals surface area (Å²) in [5.74, 6) is 0.689. The maximum atomic E-state index is 12.0. The normalized spacial score (nSPS) is 29.3. The van der Waals surface area contributed by atoms with E-state index < -0.39 is 0 Å². The van der Waals surface area contributed by atoms with Crippen molar-refractivity contribution < 1.29 is 9.90 Å². The highest BCUT2D eigenvalue weighted by Gasteiger charge is 2.33. The largest absolute Gasteiger partial charge is 0.393 e. The van der Waals surface area contributed by atoms with Gasteiger partial charge in [-0.2, -0.15) is 0 Å². The number of aliphatic hydroxyl groups is 1. The molecule has 1 aliphatic heterocycles. The van der Waals surface area contributed by atoms with Gasteiger partial charge in [0.05, 0.1) is 6.10 Å². The van der Waals surface area contributed by atoms with E-state index in [2.05, 4.69) is 5.32 Å². The van der Waals surface area contributed by atoms with Crippen molar-refractivity contribution in [3.05, 3.63) is 0 Å². The monoisotopic (exact) mass is 268 g/mol. The lowest BCUT2D eigenvalue weighted by Crippen LogP contribution is -2.52. The van der Waals surface area contributed by atoms with Crippen LogP contribution in [0.15, 0.2) is 0 Å². The van der Waals surface area contributed by atoms with Gasteiger partial charge in [-0.1, -0.05) is 13.8 Å². The highest BCUT2D eigenvalue weighted by atomic mass is 16.3. The number of hydrogen-bond acceptors (Lipinski definition) is 3. The predicted molar refractivity (Wildman–Crippen MR) is 75.8 cm³/mol. The molecule has 1 saturated carbocycles. The molecular formula is C15H28N2O2. The van der Waals surface area contributed by atoms with Gasteiger partial charge in [0.25, 0.3) is 0 Å². The third-order valence-corrected chi connectivity index (χ3v) is 4.32. The molecule has 2 fully saturated rings. The molecule has 0 bridgehead atoms. The molecule has 2 rings (SSSR count). The van der Waals surface area contributed by atoms with Gasteiger partial charge in [-0.15, -0.1) is 0 Å². The minimum Gasteiger partial charge on any atom is -0.393 e. The average molecular weight is 268 g/mol. The van der Waals surface area contributed by atoms with Crippen molar-refractivity contribution >= 4 is 5.91 Å². The minimum absolute atomic E-state index is 0.219. The molecule has 110 valence electrons. The summed E-state index contributed by atoms with van der Waals surface area (Å²) in [6.07, 6.45) is 5.65. The highest BCUT2D eigenvalue weighted by molar-refractivity contribution is 5.76. The van der Waals surface area contributed by atoms with Crippen LogP contribution in [0.4, 0.5) is 0 Å². The molecule has 1 amide bonds. The fraction of sp³-hybridized carbons (Fsp3) is 0.933. The lowest BCUT2D eigenvalue weighted by Gasteiger charge is -2.39. The Bertz CT molecular complexity index is 305. The van der Waals surface area contributed by atoms with Crippen molar-refractivity contribution in [1.82, 2.24) is 10.2 Å². The molecule has 0 radical (unpaired) electrons. The summed E-state index contributed by atoms with van der Waals surface area (Å²) < 4.78 is 0. The van der Waals surface area contributed by atoms with Gasteiger partial charge in [0.15, 0.2) is 0 Å². The Morgan fingerprint density at radius 3 is 2.63 bits per heavy atom. The van der Waals surface area contributed by atoms with Gasteiger partial charge >= 0.3 is 0 Å². The second-order valence-corrected chi connectivity index (χ2v) is 6.19. The second kappa shape index (κ2) is 6.71. The first kappa shape index (κ1) is 14.8. The zero-order valence-corrected chi connectivity index (χ0v) is 12.3. The number of amides is 1. The lowest BCUT2D eigenvalue weighted by molar-refractivity contribution is -0.133. The summed E-state index contributed by atoms with van der Waals surface area (Å²) in [7, 11) is 0. The van der Waals surface area contributed by atoms with E-state index in [1.807, 2.05) is 18.7 Å². The highest BCUT2D eigenvalue weighted by Crippen LogP contribution is 2.26. The molecule has 1 aliphatic carbocycles. The van der Waals surface area contributed by atoms with Crippen molar-refractivity contribution in [3.63, 3.8) is 0 Å². The van der Waals surface area contributed by atoms with Crippen LogP contribution in [0.25, 0.3) is 0 Å². The molecule has 0 aromatic carbocycles. The molecule has 0 spiro atoms. The Balaban J connectivity index is 1.91. The first-order valence-electron chi connectivity index (χ1n) is 7.84. The van der Waals surface area contributed by atoms with Crippen molar-refractivity contribution in [2.24, 2.45) is 5.92 Å². The Morgan fingerprint density at radius 1 is 1.32 bits per heavy atom.